The summed E-state index contributed by atoms with van der Waals surface area (Å²) < 4.78 is 29.5. The zero-order chi connectivity index (χ0) is 26.6. The van der Waals surface area contributed by atoms with Gasteiger partial charge in [-0.3, -0.25) is 9.59 Å². The van der Waals surface area contributed by atoms with Gasteiger partial charge in [-0.1, -0.05) is 61.5 Å². The molecule has 0 saturated heterocycles. The topological polar surface area (TPSA) is 95.6 Å². The highest BCUT2D eigenvalue weighted by atomic mass is 32.2. The molecule has 0 bridgehead atoms. The van der Waals surface area contributed by atoms with Crippen LogP contribution in [-0.4, -0.2) is 31.1 Å². The maximum Gasteiger partial charge on any atom is 0.245 e. The number of rotatable bonds is 8. The Labute approximate surface area is 218 Å². The van der Waals surface area contributed by atoms with Crippen LogP contribution in [0.1, 0.15) is 54.1 Å². The van der Waals surface area contributed by atoms with E-state index in [9.17, 15) is 18.0 Å². The van der Waals surface area contributed by atoms with Gasteiger partial charge in [0.1, 0.15) is 4.90 Å². The fourth-order valence-electron chi connectivity index (χ4n) is 4.73. The van der Waals surface area contributed by atoms with E-state index < -0.39 is 16.1 Å². The van der Waals surface area contributed by atoms with E-state index in [1.807, 2.05) is 48.5 Å². The minimum Gasteiger partial charge on any atom is -0.352 e. The average Bonchev–Trinajstić information content (AvgIpc) is 2.88. The molecule has 7 nitrogen and oxygen atoms in total. The molecule has 8 heteroatoms. The van der Waals surface area contributed by atoms with E-state index in [-0.39, 0.29) is 35.4 Å². The Morgan fingerprint density at radius 1 is 1.00 bits per heavy atom. The molecule has 0 radical (unpaired) electrons. The van der Waals surface area contributed by atoms with Crippen LogP contribution in [0, 0.1) is 6.92 Å². The second-order valence-corrected chi connectivity index (χ2v) is 11.3. The summed E-state index contributed by atoms with van der Waals surface area (Å²) in [6.45, 7) is 5.85. The predicted molar refractivity (Wildman–Crippen MR) is 145 cm³/mol. The Balaban J connectivity index is 1.63. The molecule has 1 atom stereocenters. The van der Waals surface area contributed by atoms with E-state index in [1.165, 1.54) is 16.8 Å². The van der Waals surface area contributed by atoms with Crippen molar-refractivity contribution in [1.82, 2.24) is 9.62 Å². The molecular formula is C29H33N3O4S. The molecular weight excluding hydrogens is 486 g/mol. The highest BCUT2D eigenvalue weighted by molar-refractivity contribution is 7.89. The first-order valence-corrected chi connectivity index (χ1v) is 14.0. The van der Waals surface area contributed by atoms with Crippen LogP contribution < -0.4 is 10.6 Å². The molecule has 0 saturated carbocycles. The first-order valence-electron chi connectivity index (χ1n) is 12.5. The number of aryl methyl sites for hydroxylation is 2. The van der Waals surface area contributed by atoms with Crippen molar-refractivity contribution >= 4 is 27.5 Å². The number of benzene rings is 3. The lowest BCUT2D eigenvalue weighted by Crippen LogP contribution is -2.42. The van der Waals surface area contributed by atoms with Crippen LogP contribution in [0.3, 0.4) is 0 Å². The summed E-state index contributed by atoms with van der Waals surface area (Å²) in [5, 5.41) is 5.60. The molecule has 2 amide bonds. The third-order valence-corrected chi connectivity index (χ3v) is 8.65. The summed E-state index contributed by atoms with van der Waals surface area (Å²) in [6, 6.07) is 20.0. The number of nitrogens with one attached hydrogen (secondary N) is 2. The van der Waals surface area contributed by atoms with Gasteiger partial charge in [0.15, 0.2) is 0 Å². The summed E-state index contributed by atoms with van der Waals surface area (Å²) in [4.78, 5) is 24.9. The van der Waals surface area contributed by atoms with Crippen molar-refractivity contribution in [3.05, 3.63) is 94.5 Å². The van der Waals surface area contributed by atoms with Crippen molar-refractivity contribution in [1.29, 1.82) is 0 Å². The number of amides is 2. The third kappa shape index (κ3) is 6.09. The minimum atomic E-state index is -4.03. The van der Waals surface area contributed by atoms with E-state index in [2.05, 4.69) is 17.6 Å². The van der Waals surface area contributed by atoms with E-state index in [0.717, 1.165) is 28.7 Å². The third-order valence-electron chi connectivity index (χ3n) is 6.70. The molecule has 0 aliphatic carbocycles. The summed E-state index contributed by atoms with van der Waals surface area (Å²) in [7, 11) is -4.03. The highest BCUT2D eigenvalue weighted by Gasteiger charge is 2.38. The fourth-order valence-corrected chi connectivity index (χ4v) is 6.57. The normalized spacial score (nSPS) is 15.6. The van der Waals surface area contributed by atoms with Crippen LogP contribution in [-0.2, 0) is 39.0 Å². The number of carbonyl (C=O) groups excluding carboxylic acids is 2. The smallest absolute Gasteiger partial charge is 0.245 e. The number of hydrogen-bond acceptors (Lipinski definition) is 4. The van der Waals surface area contributed by atoms with Gasteiger partial charge in [-0.2, -0.15) is 4.31 Å². The van der Waals surface area contributed by atoms with Crippen molar-refractivity contribution in [3.8, 4) is 0 Å². The molecule has 3 aromatic rings. The molecule has 1 aliphatic heterocycles. The van der Waals surface area contributed by atoms with Gasteiger partial charge in [-0.05, 0) is 59.7 Å². The zero-order valence-electron chi connectivity index (χ0n) is 21.5. The maximum atomic E-state index is 14.0. The van der Waals surface area contributed by atoms with Crippen molar-refractivity contribution in [2.45, 2.75) is 57.5 Å². The van der Waals surface area contributed by atoms with E-state index in [4.69, 9.17) is 0 Å². The van der Waals surface area contributed by atoms with Gasteiger partial charge in [-0.25, -0.2) is 8.42 Å². The van der Waals surface area contributed by atoms with E-state index in [0.29, 0.717) is 13.0 Å². The van der Waals surface area contributed by atoms with Crippen molar-refractivity contribution in [2.75, 3.05) is 11.9 Å². The van der Waals surface area contributed by atoms with Crippen LogP contribution in [0.4, 0.5) is 5.69 Å². The Hall–Kier alpha value is -3.49. The lowest BCUT2D eigenvalue weighted by Gasteiger charge is -2.36. The van der Waals surface area contributed by atoms with E-state index >= 15 is 0 Å². The van der Waals surface area contributed by atoms with Crippen LogP contribution >= 0.6 is 0 Å². The first-order chi connectivity index (χ1) is 17.7. The number of hydrogen-bond donors (Lipinski definition) is 2. The Bertz CT molecular complexity index is 1400. The predicted octanol–water partition coefficient (Wildman–Crippen LogP) is 4.51. The summed E-state index contributed by atoms with van der Waals surface area (Å²) >= 11 is 0. The summed E-state index contributed by atoms with van der Waals surface area (Å²) in [5.74, 6) is -0.583. The second-order valence-electron chi connectivity index (χ2n) is 9.41. The summed E-state index contributed by atoms with van der Waals surface area (Å²) in [6.07, 6.45) is 1.48. The van der Waals surface area contributed by atoms with Gasteiger partial charge in [0.05, 0.1) is 11.7 Å². The molecule has 1 aliphatic rings. The first kappa shape index (κ1) is 26.6. The molecule has 0 aromatic heterocycles. The average molecular weight is 520 g/mol. The molecule has 194 valence electrons. The maximum absolute atomic E-state index is 14.0. The monoisotopic (exact) mass is 519 g/mol. The quantitative estimate of drug-likeness (QED) is 0.458. The van der Waals surface area contributed by atoms with Gasteiger partial charge in [0.25, 0.3) is 0 Å². The SMILES string of the molecule is CCc1ccc(CNC(=O)CC2c3ccccc3CCN2S(=O)(=O)c2cc(C)ccc2NC(C)=O)cc1. The number of anilines is 1. The second kappa shape index (κ2) is 11.3. The molecule has 2 N–H and O–H groups in total. The van der Waals surface area contributed by atoms with E-state index in [1.54, 1.807) is 25.1 Å². The fraction of sp³-hybridized carbons (Fsp3) is 0.310. The lowest BCUT2D eigenvalue weighted by atomic mass is 9.92. The Morgan fingerprint density at radius 2 is 1.70 bits per heavy atom. The Morgan fingerprint density at radius 3 is 2.41 bits per heavy atom. The lowest BCUT2D eigenvalue weighted by molar-refractivity contribution is -0.122. The van der Waals surface area contributed by atoms with Crippen LogP contribution in [0.25, 0.3) is 0 Å². The summed E-state index contributed by atoms with van der Waals surface area (Å²) in [5.41, 5.74) is 5.06. The Kier molecular flexibility index (Phi) is 8.10. The van der Waals surface area contributed by atoms with Crippen LogP contribution in [0.2, 0.25) is 0 Å². The zero-order valence-corrected chi connectivity index (χ0v) is 22.3. The van der Waals surface area contributed by atoms with Crippen LogP contribution in [0.5, 0.6) is 0 Å². The molecule has 4 rings (SSSR count). The number of carbonyl (C=O) groups is 2. The van der Waals surface area contributed by atoms with Crippen LogP contribution in [0.15, 0.2) is 71.6 Å². The van der Waals surface area contributed by atoms with Gasteiger partial charge >= 0.3 is 0 Å². The largest absolute Gasteiger partial charge is 0.352 e. The van der Waals surface area contributed by atoms with Crippen molar-refractivity contribution in [2.24, 2.45) is 0 Å². The van der Waals surface area contributed by atoms with Crippen molar-refractivity contribution < 1.29 is 18.0 Å². The molecule has 37 heavy (non-hydrogen) atoms. The molecule has 1 heterocycles. The van der Waals surface area contributed by atoms with Gasteiger partial charge in [0.2, 0.25) is 21.8 Å². The van der Waals surface area contributed by atoms with Gasteiger partial charge in [0, 0.05) is 26.4 Å². The van der Waals surface area contributed by atoms with Crippen molar-refractivity contribution in [3.63, 3.8) is 0 Å². The molecule has 1 unspecified atom stereocenters. The van der Waals surface area contributed by atoms with Gasteiger partial charge < -0.3 is 10.6 Å². The standard InChI is InChI=1S/C29H33N3O4S/c1-4-22-10-12-23(13-11-22)19-30-29(34)18-27-25-8-6-5-7-24(25)15-16-32(27)37(35,36)28-17-20(2)9-14-26(28)31-21(3)33/h5-14,17,27H,4,15-16,18-19H2,1-3H3,(H,30,34)(H,31,33). The minimum absolute atomic E-state index is 0.00935. The molecule has 0 fully saturated rings. The molecule has 0 spiro atoms. The number of sulfonamides is 1. The molecule has 3 aromatic carbocycles. The highest BCUT2D eigenvalue weighted by Crippen LogP contribution is 2.38. The number of fused-ring (bicyclic) bond motifs is 1. The van der Waals surface area contributed by atoms with Gasteiger partial charge in [-0.15, -0.1) is 0 Å². The number of nitrogens with zero attached hydrogens (tertiary/aromatic N) is 1.